The summed E-state index contributed by atoms with van der Waals surface area (Å²) in [6.45, 7) is 3.42. The van der Waals surface area contributed by atoms with Crippen molar-refractivity contribution >= 4 is 21.6 Å². The average Bonchev–Trinajstić information content (AvgIpc) is 2.32. The number of hydrogen-bond donors (Lipinski definition) is 1. The quantitative estimate of drug-likeness (QED) is 0.902. The van der Waals surface area contributed by atoms with Gasteiger partial charge in [-0.3, -0.25) is 0 Å². The summed E-state index contributed by atoms with van der Waals surface area (Å²) in [5.41, 5.74) is 2.49. The standard InChI is InChI=1S/C13H18BrNO/c1-10-8-11(5-6-13(10)14)15-7-3-2-4-12(15)9-16/h5-6,8,12,16H,2-4,7,9H2,1H3. The Bertz CT molecular complexity index is 367. The van der Waals surface area contributed by atoms with Crippen molar-refractivity contribution in [1.82, 2.24) is 0 Å². The molecule has 0 aliphatic carbocycles. The van der Waals surface area contributed by atoms with Crippen LogP contribution in [0.2, 0.25) is 0 Å². The summed E-state index contributed by atoms with van der Waals surface area (Å²) in [5, 5.41) is 9.40. The number of hydrogen-bond acceptors (Lipinski definition) is 2. The van der Waals surface area contributed by atoms with E-state index in [1.54, 1.807) is 0 Å². The van der Waals surface area contributed by atoms with E-state index in [-0.39, 0.29) is 6.61 Å². The molecule has 16 heavy (non-hydrogen) atoms. The van der Waals surface area contributed by atoms with Gasteiger partial charge in [0.05, 0.1) is 12.6 Å². The minimum atomic E-state index is 0.259. The van der Waals surface area contributed by atoms with Crippen LogP contribution in [0.25, 0.3) is 0 Å². The molecular weight excluding hydrogens is 266 g/mol. The van der Waals surface area contributed by atoms with Crippen LogP contribution in [0.4, 0.5) is 5.69 Å². The predicted octanol–water partition coefficient (Wildman–Crippen LogP) is 3.11. The van der Waals surface area contributed by atoms with Crippen LogP contribution in [-0.4, -0.2) is 24.3 Å². The molecule has 1 atom stereocenters. The predicted molar refractivity (Wildman–Crippen MR) is 70.9 cm³/mol. The third-order valence-electron chi connectivity index (χ3n) is 3.31. The molecule has 1 saturated heterocycles. The van der Waals surface area contributed by atoms with E-state index in [0.717, 1.165) is 17.4 Å². The number of aryl methyl sites for hydroxylation is 1. The largest absolute Gasteiger partial charge is 0.394 e. The van der Waals surface area contributed by atoms with E-state index < -0.39 is 0 Å². The van der Waals surface area contributed by atoms with Gasteiger partial charge >= 0.3 is 0 Å². The zero-order chi connectivity index (χ0) is 11.5. The fourth-order valence-corrected chi connectivity index (χ4v) is 2.58. The molecule has 0 amide bonds. The number of anilines is 1. The van der Waals surface area contributed by atoms with Gasteiger partial charge in [0.2, 0.25) is 0 Å². The Morgan fingerprint density at radius 1 is 1.44 bits per heavy atom. The first-order valence-electron chi connectivity index (χ1n) is 5.86. The fourth-order valence-electron chi connectivity index (χ4n) is 2.34. The molecule has 1 fully saturated rings. The molecule has 1 N–H and O–H groups in total. The van der Waals surface area contributed by atoms with Crippen LogP contribution in [0.15, 0.2) is 22.7 Å². The highest BCUT2D eigenvalue weighted by molar-refractivity contribution is 9.10. The van der Waals surface area contributed by atoms with Gasteiger partial charge in [0.1, 0.15) is 0 Å². The number of benzene rings is 1. The van der Waals surface area contributed by atoms with Crippen molar-refractivity contribution in [2.24, 2.45) is 0 Å². The summed E-state index contributed by atoms with van der Waals surface area (Å²) in [6, 6.07) is 6.71. The highest BCUT2D eigenvalue weighted by atomic mass is 79.9. The SMILES string of the molecule is Cc1cc(N2CCCCC2CO)ccc1Br. The Balaban J connectivity index is 2.23. The van der Waals surface area contributed by atoms with Gasteiger partial charge in [0.25, 0.3) is 0 Å². The summed E-state index contributed by atoms with van der Waals surface area (Å²) >= 11 is 3.52. The first-order valence-corrected chi connectivity index (χ1v) is 6.65. The van der Waals surface area contributed by atoms with Gasteiger partial charge in [-0.1, -0.05) is 15.9 Å². The maximum Gasteiger partial charge on any atom is 0.0635 e. The lowest BCUT2D eigenvalue weighted by molar-refractivity contribution is 0.240. The molecule has 88 valence electrons. The van der Waals surface area contributed by atoms with Crippen LogP contribution in [0, 0.1) is 6.92 Å². The molecule has 3 heteroatoms. The molecule has 0 spiro atoms. The molecule has 1 aromatic rings. The summed E-state index contributed by atoms with van der Waals surface area (Å²) in [6.07, 6.45) is 3.56. The summed E-state index contributed by atoms with van der Waals surface area (Å²) in [4.78, 5) is 2.34. The van der Waals surface area contributed by atoms with Crippen LogP contribution in [-0.2, 0) is 0 Å². The Morgan fingerprint density at radius 2 is 2.25 bits per heavy atom. The van der Waals surface area contributed by atoms with Gasteiger partial charge in [-0.25, -0.2) is 0 Å². The Labute approximate surface area is 105 Å². The zero-order valence-corrected chi connectivity index (χ0v) is 11.2. The van der Waals surface area contributed by atoms with Gasteiger partial charge in [-0.05, 0) is 49.9 Å². The van der Waals surface area contributed by atoms with Gasteiger partial charge in [-0.2, -0.15) is 0 Å². The van der Waals surface area contributed by atoms with Gasteiger partial charge in [-0.15, -0.1) is 0 Å². The monoisotopic (exact) mass is 283 g/mol. The number of halogens is 1. The van der Waals surface area contributed by atoms with E-state index >= 15 is 0 Å². The van der Waals surface area contributed by atoms with E-state index in [1.807, 2.05) is 0 Å². The van der Waals surface area contributed by atoms with Crippen molar-refractivity contribution in [2.45, 2.75) is 32.2 Å². The molecular formula is C13H18BrNO. The third kappa shape index (κ3) is 2.41. The van der Waals surface area contributed by atoms with E-state index in [4.69, 9.17) is 0 Å². The normalized spacial score (nSPS) is 21.2. The Hall–Kier alpha value is -0.540. The van der Waals surface area contributed by atoms with Crippen molar-refractivity contribution in [2.75, 3.05) is 18.1 Å². The lowest BCUT2D eigenvalue weighted by atomic mass is 10.0. The molecule has 2 nitrogen and oxygen atoms in total. The highest BCUT2D eigenvalue weighted by Crippen LogP contribution is 2.28. The highest BCUT2D eigenvalue weighted by Gasteiger charge is 2.21. The molecule has 1 heterocycles. The number of piperidine rings is 1. The van der Waals surface area contributed by atoms with Crippen molar-refractivity contribution in [3.63, 3.8) is 0 Å². The molecule has 0 radical (unpaired) electrons. The topological polar surface area (TPSA) is 23.5 Å². The summed E-state index contributed by atoms with van der Waals surface area (Å²) in [5.74, 6) is 0. The van der Waals surface area contributed by atoms with Crippen LogP contribution in [0.5, 0.6) is 0 Å². The van der Waals surface area contributed by atoms with E-state index in [2.05, 4.69) is 46.0 Å². The lowest BCUT2D eigenvalue weighted by Gasteiger charge is -2.36. The molecule has 1 unspecified atom stereocenters. The first kappa shape index (κ1) is 11.9. The Morgan fingerprint density at radius 3 is 2.94 bits per heavy atom. The van der Waals surface area contributed by atoms with Crippen molar-refractivity contribution < 1.29 is 5.11 Å². The van der Waals surface area contributed by atoms with Crippen LogP contribution in [0.1, 0.15) is 24.8 Å². The second-order valence-corrected chi connectivity index (χ2v) is 5.31. The number of rotatable bonds is 2. The first-order chi connectivity index (χ1) is 7.72. The maximum absolute atomic E-state index is 9.40. The van der Waals surface area contributed by atoms with Crippen molar-refractivity contribution in [1.29, 1.82) is 0 Å². The minimum Gasteiger partial charge on any atom is -0.394 e. The van der Waals surface area contributed by atoms with Gasteiger partial charge in [0, 0.05) is 16.7 Å². The van der Waals surface area contributed by atoms with Crippen LogP contribution >= 0.6 is 15.9 Å². The van der Waals surface area contributed by atoms with Crippen LogP contribution < -0.4 is 4.90 Å². The van der Waals surface area contributed by atoms with Gasteiger partial charge < -0.3 is 10.0 Å². The summed E-state index contributed by atoms with van der Waals surface area (Å²) < 4.78 is 1.15. The Kier molecular flexibility index (Phi) is 3.87. The maximum atomic E-state index is 9.40. The number of aliphatic hydroxyl groups is 1. The van der Waals surface area contributed by atoms with Crippen molar-refractivity contribution in [3.05, 3.63) is 28.2 Å². The van der Waals surface area contributed by atoms with Crippen molar-refractivity contribution in [3.8, 4) is 0 Å². The van der Waals surface area contributed by atoms with E-state index in [0.29, 0.717) is 6.04 Å². The smallest absolute Gasteiger partial charge is 0.0635 e. The van der Waals surface area contributed by atoms with Gasteiger partial charge in [0.15, 0.2) is 0 Å². The average molecular weight is 284 g/mol. The second kappa shape index (κ2) is 5.19. The third-order valence-corrected chi connectivity index (χ3v) is 4.20. The molecule has 2 rings (SSSR count). The van der Waals surface area contributed by atoms with E-state index in [1.165, 1.54) is 24.1 Å². The fraction of sp³-hybridized carbons (Fsp3) is 0.538. The van der Waals surface area contributed by atoms with E-state index in [9.17, 15) is 5.11 Å². The summed E-state index contributed by atoms with van der Waals surface area (Å²) in [7, 11) is 0. The molecule has 0 aromatic heterocycles. The minimum absolute atomic E-state index is 0.259. The zero-order valence-electron chi connectivity index (χ0n) is 9.62. The number of aliphatic hydroxyl groups excluding tert-OH is 1. The molecule has 1 aromatic carbocycles. The van der Waals surface area contributed by atoms with Crippen LogP contribution in [0.3, 0.4) is 0 Å². The lowest BCUT2D eigenvalue weighted by Crippen LogP contribution is -2.41. The second-order valence-electron chi connectivity index (χ2n) is 4.46. The molecule has 1 aliphatic rings. The molecule has 1 aliphatic heterocycles. The molecule has 0 saturated carbocycles. The molecule has 0 bridgehead atoms. The number of nitrogens with zero attached hydrogens (tertiary/aromatic N) is 1.